The average Bonchev–Trinajstić information content (AvgIpc) is 3.81. The lowest BCUT2D eigenvalue weighted by Crippen LogP contribution is -2.44. The molecule has 4 nitrogen and oxygen atoms in total. The zero-order valence-electron chi connectivity index (χ0n) is 25.1. The van der Waals surface area contributed by atoms with E-state index in [9.17, 15) is 0 Å². The zero-order valence-corrected chi connectivity index (χ0v) is 25.1. The fourth-order valence-electron chi connectivity index (χ4n) is 6.79. The predicted molar refractivity (Wildman–Crippen MR) is 183 cm³/mol. The summed E-state index contributed by atoms with van der Waals surface area (Å²) in [5.74, 6) is 1.40. The van der Waals surface area contributed by atoms with Gasteiger partial charge in [0.25, 0.3) is 0 Å². The first-order valence-electron chi connectivity index (χ1n) is 15.7. The third-order valence-corrected chi connectivity index (χ3v) is 9.13. The van der Waals surface area contributed by atoms with Crippen molar-refractivity contribution >= 4 is 33.3 Å². The summed E-state index contributed by atoms with van der Waals surface area (Å²) in [5.41, 5.74) is 3.98. The van der Waals surface area contributed by atoms with Gasteiger partial charge in [-0.15, -0.1) is 0 Å². The Bertz CT molecular complexity index is 1880. The maximum atomic E-state index is 6.64. The summed E-state index contributed by atoms with van der Waals surface area (Å²) in [6.45, 7) is 0.973. The van der Waals surface area contributed by atoms with Gasteiger partial charge in [-0.05, 0) is 68.8 Å². The Kier molecular flexibility index (Phi) is 7.11. The van der Waals surface area contributed by atoms with Gasteiger partial charge in [0.05, 0.1) is 0 Å². The van der Waals surface area contributed by atoms with Crippen LogP contribution in [-0.4, -0.2) is 25.0 Å². The highest BCUT2D eigenvalue weighted by Crippen LogP contribution is 2.41. The fourth-order valence-corrected chi connectivity index (χ4v) is 6.79. The quantitative estimate of drug-likeness (QED) is 0.179. The van der Waals surface area contributed by atoms with E-state index in [0.717, 1.165) is 11.1 Å². The number of aliphatic imine (C=N–C) groups is 2. The Morgan fingerprint density at radius 3 is 1.31 bits per heavy atom. The van der Waals surface area contributed by atoms with Gasteiger partial charge in [-0.1, -0.05) is 133 Å². The molecular formula is C41H34N2O2. The highest BCUT2D eigenvalue weighted by atomic mass is 16.5. The molecule has 0 bridgehead atoms. The molecule has 0 radical (unpaired) electrons. The minimum absolute atomic E-state index is 0.103. The van der Waals surface area contributed by atoms with E-state index in [2.05, 4.69) is 146 Å². The molecular weight excluding hydrogens is 552 g/mol. The first-order chi connectivity index (χ1) is 22.2. The van der Waals surface area contributed by atoms with Gasteiger partial charge in [-0.3, -0.25) is 0 Å². The summed E-state index contributed by atoms with van der Waals surface area (Å²) in [6.07, 6.45) is 1.32. The molecule has 0 aliphatic carbocycles. The normalized spacial score (nSPS) is 18.0. The molecule has 45 heavy (non-hydrogen) atoms. The third-order valence-electron chi connectivity index (χ3n) is 9.13. The van der Waals surface area contributed by atoms with Gasteiger partial charge in [-0.2, -0.15) is 0 Å². The van der Waals surface area contributed by atoms with Gasteiger partial charge in [0.2, 0.25) is 11.8 Å². The van der Waals surface area contributed by atoms with E-state index in [1.165, 1.54) is 32.7 Å². The Labute approximate surface area is 263 Å². The molecule has 0 amide bonds. The second-order valence-electron chi connectivity index (χ2n) is 12.1. The molecule has 2 aliphatic heterocycles. The molecule has 2 heterocycles. The summed E-state index contributed by atoms with van der Waals surface area (Å²) in [5, 5.41) is 4.86. The van der Waals surface area contributed by atoms with Crippen LogP contribution in [0.15, 0.2) is 156 Å². The fraction of sp³-hybridized carbons (Fsp3) is 0.171. The van der Waals surface area contributed by atoms with Gasteiger partial charge >= 0.3 is 0 Å². The predicted octanol–water partition coefficient (Wildman–Crippen LogP) is 9.10. The van der Waals surface area contributed by atoms with E-state index >= 15 is 0 Å². The van der Waals surface area contributed by atoms with E-state index in [-0.39, 0.29) is 12.1 Å². The largest absolute Gasteiger partial charge is 0.478 e. The smallest absolute Gasteiger partial charge is 0.200 e. The first kappa shape index (κ1) is 27.3. The molecule has 0 aromatic heterocycles. The van der Waals surface area contributed by atoms with Crippen molar-refractivity contribution in [2.75, 3.05) is 13.2 Å². The Balaban J connectivity index is 1.24. The highest BCUT2D eigenvalue weighted by Gasteiger charge is 2.49. The van der Waals surface area contributed by atoms with Crippen LogP contribution < -0.4 is 0 Å². The van der Waals surface area contributed by atoms with Gasteiger partial charge in [0, 0.05) is 0 Å². The third kappa shape index (κ3) is 5.38. The van der Waals surface area contributed by atoms with Crippen LogP contribution in [0.3, 0.4) is 0 Å². The van der Waals surface area contributed by atoms with E-state index in [4.69, 9.17) is 19.5 Å². The lowest BCUT2D eigenvalue weighted by molar-refractivity contribution is 0.249. The van der Waals surface area contributed by atoms with Crippen molar-refractivity contribution in [1.82, 2.24) is 0 Å². The number of hydrogen-bond donors (Lipinski definition) is 0. The zero-order chi connectivity index (χ0) is 30.1. The number of hydrogen-bond acceptors (Lipinski definition) is 4. The van der Waals surface area contributed by atoms with Gasteiger partial charge in [0.1, 0.15) is 30.7 Å². The molecule has 0 fully saturated rings. The molecule has 0 N–H and O–H groups in total. The van der Waals surface area contributed by atoms with Crippen LogP contribution in [0.4, 0.5) is 0 Å². The van der Waals surface area contributed by atoms with Gasteiger partial charge in [-0.25, -0.2) is 9.98 Å². The maximum Gasteiger partial charge on any atom is 0.200 e. The van der Waals surface area contributed by atoms with Crippen LogP contribution in [0.5, 0.6) is 0 Å². The first-order valence-corrected chi connectivity index (χ1v) is 15.7. The number of ether oxygens (including phenoxy) is 2. The van der Waals surface area contributed by atoms with E-state index in [1.807, 2.05) is 0 Å². The van der Waals surface area contributed by atoms with Crippen molar-refractivity contribution in [2.45, 2.75) is 24.9 Å². The maximum absolute atomic E-state index is 6.64. The summed E-state index contributed by atoms with van der Waals surface area (Å²) in [4.78, 5) is 10.7. The summed E-state index contributed by atoms with van der Waals surface area (Å²) < 4.78 is 13.3. The summed E-state index contributed by atoms with van der Waals surface area (Å²) in [7, 11) is 0. The van der Waals surface area contributed by atoms with Crippen LogP contribution in [0.2, 0.25) is 0 Å². The SMILES string of the molecule is c1ccc(CC(Cc2ccccc2)(C2=N[C@@H](c3ccc4ccccc4c3)CO2)C2=N[C@@H](c3ccc4ccccc4c3)CO2)cc1. The topological polar surface area (TPSA) is 43.2 Å². The lowest BCUT2D eigenvalue weighted by Gasteiger charge is -2.32. The molecule has 6 aromatic carbocycles. The monoisotopic (exact) mass is 586 g/mol. The molecule has 0 saturated carbocycles. The van der Waals surface area contributed by atoms with Crippen LogP contribution in [0, 0.1) is 5.41 Å². The molecule has 8 rings (SSSR count). The van der Waals surface area contributed by atoms with Gasteiger partial charge in [0.15, 0.2) is 0 Å². The minimum Gasteiger partial charge on any atom is -0.478 e. The van der Waals surface area contributed by atoms with Gasteiger partial charge < -0.3 is 9.47 Å². The molecule has 0 saturated heterocycles. The Morgan fingerprint density at radius 2 is 0.867 bits per heavy atom. The number of benzene rings is 6. The summed E-state index contributed by atoms with van der Waals surface area (Å²) >= 11 is 0. The number of rotatable bonds is 8. The van der Waals surface area contributed by atoms with Crippen molar-refractivity contribution < 1.29 is 9.47 Å². The minimum atomic E-state index is -0.708. The number of fused-ring (bicyclic) bond motifs is 2. The Morgan fingerprint density at radius 1 is 0.467 bits per heavy atom. The molecule has 220 valence electrons. The lowest BCUT2D eigenvalue weighted by atomic mass is 9.75. The summed E-state index contributed by atoms with van der Waals surface area (Å²) in [6, 6.07) is 51.1. The van der Waals surface area contributed by atoms with Crippen LogP contribution in [0.1, 0.15) is 34.3 Å². The second-order valence-corrected chi connectivity index (χ2v) is 12.1. The van der Waals surface area contributed by atoms with E-state index < -0.39 is 5.41 Å². The van der Waals surface area contributed by atoms with Crippen molar-refractivity contribution in [2.24, 2.45) is 15.4 Å². The molecule has 0 unspecified atom stereocenters. The van der Waals surface area contributed by atoms with Crippen LogP contribution in [0.25, 0.3) is 21.5 Å². The van der Waals surface area contributed by atoms with Crippen molar-refractivity contribution in [3.63, 3.8) is 0 Å². The molecule has 0 spiro atoms. The van der Waals surface area contributed by atoms with Crippen molar-refractivity contribution in [3.8, 4) is 0 Å². The average molecular weight is 587 g/mol. The molecule has 2 atom stereocenters. The van der Waals surface area contributed by atoms with Crippen LogP contribution in [-0.2, 0) is 22.3 Å². The van der Waals surface area contributed by atoms with E-state index in [1.54, 1.807) is 0 Å². The highest BCUT2D eigenvalue weighted by molar-refractivity contribution is 6.07. The van der Waals surface area contributed by atoms with Crippen LogP contribution >= 0.6 is 0 Å². The standard InChI is InChI=1S/C41H34N2O2/c1-3-11-29(12-4-1)25-41(26-30-13-5-2-6-14-30,39-42-37(27-44-39)35-21-19-31-15-7-9-17-33(31)23-35)40-43-38(28-45-40)36-22-20-32-16-8-10-18-34(32)24-36/h1-24,37-38H,25-28H2/t37-,38-/m1/s1. The van der Waals surface area contributed by atoms with E-state index in [0.29, 0.717) is 37.9 Å². The van der Waals surface area contributed by atoms with Crippen molar-refractivity contribution in [3.05, 3.63) is 168 Å². The second kappa shape index (κ2) is 11.7. The Hall–Kier alpha value is -5.22. The molecule has 2 aliphatic rings. The number of nitrogens with zero attached hydrogens (tertiary/aromatic N) is 2. The molecule has 6 aromatic rings. The van der Waals surface area contributed by atoms with Crippen molar-refractivity contribution in [1.29, 1.82) is 0 Å². The molecule has 4 heteroatoms.